The minimum atomic E-state index is -2.40. The maximum absolute atomic E-state index is 12.3. The Morgan fingerprint density at radius 2 is 1.38 bits per heavy atom. The molecule has 1 unspecified atom stereocenters. The second-order valence-electron chi connectivity index (χ2n) is 3.07. The Morgan fingerprint density at radius 3 is 1.38 bits per heavy atom. The summed E-state index contributed by atoms with van der Waals surface area (Å²) in [6, 6.07) is 0. The molecule has 0 aromatic rings. The fourth-order valence-corrected chi connectivity index (χ4v) is 0.898. The smallest absolute Gasteiger partial charge is 0.206 e. The van der Waals surface area contributed by atoms with Crippen LogP contribution in [0.5, 0.6) is 0 Å². The molecule has 0 spiro atoms. The molecular formula is C6H10F2. The van der Waals surface area contributed by atoms with Crippen molar-refractivity contribution in [3.63, 3.8) is 0 Å². The summed E-state index contributed by atoms with van der Waals surface area (Å²) in [7, 11) is 0. The first-order valence-electron chi connectivity index (χ1n) is 2.78. The molecule has 1 saturated carbocycles. The van der Waals surface area contributed by atoms with Crippen LogP contribution in [0.3, 0.4) is 0 Å². The number of alkyl halides is 2. The van der Waals surface area contributed by atoms with Crippen LogP contribution in [0, 0.1) is 11.3 Å². The molecule has 8 heavy (non-hydrogen) atoms. The Hall–Kier alpha value is -0.140. The summed E-state index contributed by atoms with van der Waals surface area (Å²) in [5, 5.41) is 0. The first kappa shape index (κ1) is 5.99. The van der Waals surface area contributed by atoms with Crippen molar-refractivity contribution >= 4 is 0 Å². The topological polar surface area (TPSA) is 0 Å². The second-order valence-corrected chi connectivity index (χ2v) is 3.07. The summed E-state index contributed by atoms with van der Waals surface area (Å²) < 4.78 is 24.6. The van der Waals surface area contributed by atoms with E-state index in [2.05, 4.69) is 0 Å². The zero-order valence-corrected chi connectivity index (χ0v) is 5.33. The summed E-state index contributed by atoms with van der Waals surface area (Å²) in [6.45, 7) is 4.77. The Labute approximate surface area is 47.9 Å². The number of halogens is 2. The summed E-state index contributed by atoms with van der Waals surface area (Å²) in [6.07, 6.45) is 0. The number of rotatable bonds is 0. The van der Waals surface area contributed by atoms with Crippen molar-refractivity contribution < 1.29 is 8.78 Å². The molecule has 0 aromatic carbocycles. The monoisotopic (exact) mass is 120 g/mol. The van der Waals surface area contributed by atoms with Gasteiger partial charge in [0, 0.05) is 11.3 Å². The molecule has 0 N–H and O–H groups in total. The zero-order valence-electron chi connectivity index (χ0n) is 5.33. The van der Waals surface area contributed by atoms with Crippen LogP contribution in [0.25, 0.3) is 0 Å². The lowest BCUT2D eigenvalue weighted by Gasteiger charge is -1.96. The quantitative estimate of drug-likeness (QED) is 0.460. The van der Waals surface area contributed by atoms with E-state index < -0.39 is 17.3 Å². The molecule has 0 saturated heterocycles. The molecule has 1 rings (SSSR count). The Balaban J connectivity index is 2.72. The normalized spacial score (nSPS) is 39.4. The summed E-state index contributed by atoms with van der Waals surface area (Å²) in [5.41, 5.74) is -0.729. The minimum absolute atomic E-state index is 0.421. The lowest BCUT2D eigenvalue weighted by molar-refractivity contribution is 0.0682. The van der Waals surface area contributed by atoms with E-state index in [0.717, 1.165) is 0 Å². The SMILES string of the molecule is CC1C(C)(C)C1(F)F. The average molecular weight is 120 g/mol. The van der Waals surface area contributed by atoms with E-state index in [9.17, 15) is 8.78 Å². The van der Waals surface area contributed by atoms with E-state index in [0.29, 0.717) is 0 Å². The third-order valence-electron chi connectivity index (χ3n) is 2.40. The van der Waals surface area contributed by atoms with Crippen LogP contribution in [-0.2, 0) is 0 Å². The third-order valence-corrected chi connectivity index (χ3v) is 2.40. The first-order valence-corrected chi connectivity index (χ1v) is 2.78. The highest BCUT2D eigenvalue weighted by Crippen LogP contribution is 2.64. The standard InChI is InChI=1S/C6H10F2/c1-4-5(2,3)6(4,7)8/h4H,1-3H3. The lowest BCUT2D eigenvalue weighted by atomic mass is 10.1. The van der Waals surface area contributed by atoms with E-state index >= 15 is 0 Å². The van der Waals surface area contributed by atoms with Crippen molar-refractivity contribution in [3.8, 4) is 0 Å². The molecule has 0 heterocycles. The van der Waals surface area contributed by atoms with Crippen molar-refractivity contribution in [1.82, 2.24) is 0 Å². The molecule has 0 nitrogen and oxygen atoms in total. The van der Waals surface area contributed by atoms with Gasteiger partial charge < -0.3 is 0 Å². The van der Waals surface area contributed by atoms with Crippen molar-refractivity contribution in [2.45, 2.75) is 26.7 Å². The highest BCUT2D eigenvalue weighted by atomic mass is 19.3. The van der Waals surface area contributed by atoms with Gasteiger partial charge in [0.1, 0.15) is 0 Å². The fourth-order valence-electron chi connectivity index (χ4n) is 0.898. The lowest BCUT2D eigenvalue weighted by Crippen LogP contribution is -1.99. The molecule has 2 heteroatoms. The van der Waals surface area contributed by atoms with Gasteiger partial charge in [-0.3, -0.25) is 0 Å². The molecular weight excluding hydrogens is 110 g/mol. The highest BCUT2D eigenvalue weighted by Gasteiger charge is 2.72. The first-order chi connectivity index (χ1) is 3.40. The van der Waals surface area contributed by atoms with Crippen LogP contribution in [0.1, 0.15) is 20.8 Å². The van der Waals surface area contributed by atoms with Crippen molar-refractivity contribution in [1.29, 1.82) is 0 Å². The molecule has 48 valence electrons. The van der Waals surface area contributed by atoms with Crippen molar-refractivity contribution in [3.05, 3.63) is 0 Å². The van der Waals surface area contributed by atoms with Crippen LogP contribution in [0.15, 0.2) is 0 Å². The highest BCUT2D eigenvalue weighted by molar-refractivity contribution is 5.10. The largest absolute Gasteiger partial charge is 0.256 e. The second kappa shape index (κ2) is 1.07. The van der Waals surface area contributed by atoms with Crippen LogP contribution in [-0.4, -0.2) is 5.92 Å². The van der Waals surface area contributed by atoms with Gasteiger partial charge in [0.2, 0.25) is 0 Å². The summed E-state index contributed by atoms with van der Waals surface area (Å²) in [5.74, 6) is -2.82. The van der Waals surface area contributed by atoms with Crippen molar-refractivity contribution in [2.75, 3.05) is 0 Å². The molecule has 0 aliphatic heterocycles. The van der Waals surface area contributed by atoms with Crippen LogP contribution in [0.2, 0.25) is 0 Å². The number of hydrogen-bond acceptors (Lipinski definition) is 0. The maximum Gasteiger partial charge on any atom is 0.256 e. The fraction of sp³-hybridized carbons (Fsp3) is 1.00. The van der Waals surface area contributed by atoms with Crippen LogP contribution in [0.4, 0.5) is 8.78 Å². The molecule has 1 fully saturated rings. The molecule has 0 amide bonds. The Bertz CT molecular complexity index is 102. The predicted octanol–water partition coefficient (Wildman–Crippen LogP) is 2.30. The van der Waals surface area contributed by atoms with Gasteiger partial charge in [0.15, 0.2) is 0 Å². The zero-order chi connectivity index (χ0) is 6.58. The summed E-state index contributed by atoms with van der Waals surface area (Å²) >= 11 is 0. The maximum atomic E-state index is 12.3. The Morgan fingerprint density at radius 1 is 1.25 bits per heavy atom. The van der Waals surface area contributed by atoms with Gasteiger partial charge in [-0.25, -0.2) is 8.78 Å². The van der Waals surface area contributed by atoms with Gasteiger partial charge >= 0.3 is 0 Å². The van der Waals surface area contributed by atoms with E-state index in [1.807, 2.05) is 0 Å². The van der Waals surface area contributed by atoms with Gasteiger partial charge in [-0.15, -0.1) is 0 Å². The van der Waals surface area contributed by atoms with E-state index in [1.54, 1.807) is 20.8 Å². The van der Waals surface area contributed by atoms with Gasteiger partial charge in [0.05, 0.1) is 0 Å². The van der Waals surface area contributed by atoms with Crippen LogP contribution >= 0.6 is 0 Å². The molecule has 1 aliphatic rings. The molecule has 1 aliphatic carbocycles. The van der Waals surface area contributed by atoms with Gasteiger partial charge in [-0.05, 0) is 0 Å². The van der Waals surface area contributed by atoms with E-state index in [-0.39, 0.29) is 0 Å². The molecule has 1 atom stereocenters. The summed E-state index contributed by atoms with van der Waals surface area (Å²) in [4.78, 5) is 0. The molecule has 0 radical (unpaired) electrons. The average Bonchev–Trinajstić information content (AvgIpc) is 1.88. The van der Waals surface area contributed by atoms with E-state index in [4.69, 9.17) is 0 Å². The van der Waals surface area contributed by atoms with Gasteiger partial charge in [-0.1, -0.05) is 20.8 Å². The number of hydrogen-bond donors (Lipinski definition) is 0. The predicted molar refractivity (Wildman–Crippen MR) is 27.9 cm³/mol. The van der Waals surface area contributed by atoms with E-state index in [1.165, 1.54) is 0 Å². The van der Waals surface area contributed by atoms with Gasteiger partial charge in [0.25, 0.3) is 5.92 Å². The Kier molecular flexibility index (Phi) is 0.798. The van der Waals surface area contributed by atoms with Crippen molar-refractivity contribution in [2.24, 2.45) is 11.3 Å². The van der Waals surface area contributed by atoms with Gasteiger partial charge in [-0.2, -0.15) is 0 Å². The van der Waals surface area contributed by atoms with Crippen LogP contribution < -0.4 is 0 Å². The molecule has 0 aromatic heterocycles. The molecule has 0 bridgehead atoms. The minimum Gasteiger partial charge on any atom is -0.206 e. The third kappa shape index (κ3) is 0.389.